The fraction of sp³-hybridized carbons (Fsp3) is 0.174. The molecule has 3 rings (SSSR count). The number of aryl methyl sites for hydroxylation is 1. The molecule has 0 aliphatic rings. The van der Waals surface area contributed by atoms with Crippen molar-refractivity contribution >= 4 is 44.4 Å². The maximum absolute atomic E-state index is 13.2. The Labute approximate surface area is 193 Å². The van der Waals surface area contributed by atoms with Crippen molar-refractivity contribution in [2.75, 3.05) is 29.1 Å². The van der Waals surface area contributed by atoms with Crippen molar-refractivity contribution in [3.8, 4) is 11.5 Å². The van der Waals surface area contributed by atoms with Gasteiger partial charge in [-0.25, -0.2) is 8.42 Å². The van der Waals surface area contributed by atoms with Gasteiger partial charge in [0, 0.05) is 17.4 Å². The fourth-order valence-corrected chi connectivity index (χ4v) is 4.34. The van der Waals surface area contributed by atoms with Crippen LogP contribution in [0.3, 0.4) is 0 Å². The van der Waals surface area contributed by atoms with Crippen molar-refractivity contribution in [2.45, 2.75) is 18.7 Å². The second kappa shape index (κ2) is 10.3. The SMILES string of the molecule is CCOc1ccc(NS(=O)(=O)c2cc(OC)ccc2NC(=S)Nc2ccc(C)cc2)cc1. The zero-order valence-electron chi connectivity index (χ0n) is 18.0. The van der Waals surface area contributed by atoms with Crippen molar-refractivity contribution in [2.24, 2.45) is 0 Å². The summed E-state index contributed by atoms with van der Waals surface area (Å²) in [5, 5.41) is 6.28. The van der Waals surface area contributed by atoms with Crippen LogP contribution in [0, 0.1) is 6.92 Å². The molecular formula is C23H25N3O4S2. The van der Waals surface area contributed by atoms with Gasteiger partial charge in [-0.2, -0.15) is 0 Å². The molecule has 3 aromatic carbocycles. The molecule has 7 nitrogen and oxygen atoms in total. The van der Waals surface area contributed by atoms with Crippen molar-refractivity contribution in [1.29, 1.82) is 0 Å². The third kappa shape index (κ3) is 6.12. The molecule has 0 aromatic heterocycles. The molecule has 0 atom stereocenters. The molecule has 0 amide bonds. The maximum atomic E-state index is 13.2. The second-order valence-corrected chi connectivity index (χ2v) is 8.93. The highest BCUT2D eigenvalue weighted by molar-refractivity contribution is 7.93. The van der Waals surface area contributed by atoms with Crippen LogP contribution in [0.4, 0.5) is 17.1 Å². The quantitative estimate of drug-likeness (QED) is 0.398. The maximum Gasteiger partial charge on any atom is 0.264 e. The molecule has 168 valence electrons. The molecule has 0 unspecified atom stereocenters. The predicted molar refractivity (Wildman–Crippen MR) is 132 cm³/mol. The van der Waals surface area contributed by atoms with E-state index >= 15 is 0 Å². The van der Waals surface area contributed by atoms with Crippen LogP contribution in [0.5, 0.6) is 11.5 Å². The molecule has 0 radical (unpaired) electrons. The summed E-state index contributed by atoms with van der Waals surface area (Å²) in [6, 6.07) is 19.1. The number of hydrogen-bond acceptors (Lipinski definition) is 5. The third-order valence-corrected chi connectivity index (χ3v) is 6.08. The molecule has 0 spiro atoms. The van der Waals surface area contributed by atoms with Gasteiger partial charge < -0.3 is 20.1 Å². The highest BCUT2D eigenvalue weighted by atomic mass is 32.2. The Hall–Kier alpha value is -3.30. The molecule has 0 saturated carbocycles. The Bertz CT molecular complexity index is 1180. The molecule has 0 aliphatic carbocycles. The minimum Gasteiger partial charge on any atom is -0.497 e. The molecule has 3 N–H and O–H groups in total. The minimum atomic E-state index is -3.95. The Balaban J connectivity index is 1.83. The van der Waals surface area contributed by atoms with Crippen LogP contribution in [-0.4, -0.2) is 27.2 Å². The number of benzene rings is 3. The van der Waals surface area contributed by atoms with Gasteiger partial charge in [-0.05, 0) is 74.6 Å². The van der Waals surface area contributed by atoms with Crippen LogP contribution in [0.15, 0.2) is 71.6 Å². The summed E-state index contributed by atoms with van der Waals surface area (Å²) in [6.45, 7) is 4.40. The van der Waals surface area contributed by atoms with Gasteiger partial charge in [0.25, 0.3) is 10.0 Å². The predicted octanol–water partition coefficient (Wildman–Crippen LogP) is 5.01. The van der Waals surface area contributed by atoms with Crippen LogP contribution in [0.2, 0.25) is 0 Å². The van der Waals surface area contributed by atoms with E-state index in [2.05, 4.69) is 15.4 Å². The van der Waals surface area contributed by atoms with Gasteiger partial charge >= 0.3 is 0 Å². The van der Waals surface area contributed by atoms with E-state index in [1.54, 1.807) is 36.4 Å². The van der Waals surface area contributed by atoms with Gasteiger partial charge in [0.2, 0.25) is 0 Å². The number of thiocarbonyl (C=S) groups is 1. The minimum absolute atomic E-state index is 0.00112. The van der Waals surface area contributed by atoms with E-state index in [1.807, 2.05) is 38.1 Å². The van der Waals surface area contributed by atoms with Crippen molar-refractivity contribution in [1.82, 2.24) is 0 Å². The first kappa shape index (κ1) is 23.4. The fourth-order valence-electron chi connectivity index (χ4n) is 2.87. The number of ether oxygens (including phenoxy) is 2. The first-order valence-electron chi connectivity index (χ1n) is 9.89. The molecule has 32 heavy (non-hydrogen) atoms. The average molecular weight is 472 g/mol. The normalized spacial score (nSPS) is 10.8. The van der Waals surface area contributed by atoms with Crippen LogP contribution in [-0.2, 0) is 10.0 Å². The second-order valence-electron chi connectivity index (χ2n) is 6.87. The van der Waals surface area contributed by atoms with E-state index in [-0.39, 0.29) is 10.0 Å². The van der Waals surface area contributed by atoms with E-state index < -0.39 is 10.0 Å². The number of rotatable bonds is 8. The zero-order valence-corrected chi connectivity index (χ0v) is 19.6. The van der Waals surface area contributed by atoms with E-state index in [4.69, 9.17) is 21.7 Å². The van der Waals surface area contributed by atoms with Crippen LogP contribution in [0.25, 0.3) is 0 Å². The lowest BCUT2D eigenvalue weighted by Gasteiger charge is -2.16. The standard InChI is InChI=1S/C23H25N3O4S2/c1-4-30-19-11-9-18(10-12-19)26-32(27,28)22-15-20(29-3)13-14-21(22)25-23(31)24-17-7-5-16(2)6-8-17/h5-15,26H,4H2,1-3H3,(H2,24,25,31). The van der Waals surface area contributed by atoms with Gasteiger partial charge in [0.05, 0.1) is 19.4 Å². The van der Waals surface area contributed by atoms with Crippen molar-refractivity contribution in [3.05, 3.63) is 72.3 Å². The lowest BCUT2D eigenvalue weighted by atomic mass is 10.2. The molecule has 0 fully saturated rings. The Morgan fingerprint density at radius 1 is 0.906 bits per heavy atom. The first-order valence-corrected chi connectivity index (χ1v) is 11.8. The number of methoxy groups -OCH3 is 1. The number of nitrogens with one attached hydrogen (secondary N) is 3. The molecule has 0 bridgehead atoms. The topological polar surface area (TPSA) is 88.7 Å². The lowest BCUT2D eigenvalue weighted by Crippen LogP contribution is -2.22. The molecule has 0 saturated heterocycles. The largest absolute Gasteiger partial charge is 0.497 e. The van der Waals surface area contributed by atoms with Gasteiger partial charge in [-0.15, -0.1) is 0 Å². The molecular weight excluding hydrogens is 446 g/mol. The molecule has 0 heterocycles. The van der Waals surface area contributed by atoms with E-state index in [0.717, 1.165) is 11.3 Å². The van der Waals surface area contributed by atoms with Crippen LogP contribution < -0.4 is 24.8 Å². The molecule has 3 aromatic rings. The molecule has 0 aliphatic heterocycles. The van der Waals surface area contributed by atoms with Gasteiger partial charge in [-0.1, -0.05) is 17.7 Å². The smallest absolute Gasteiger partial charge is 0.264 e. The van der Waals surface area contributed by atoms with Crippen LogP contribution >= 0.6 is 12.2 Å². The molecule has 9 heteroatoms. The summed E-state index contributed by atoms with van der Waals surface area (Å²) >= 11 is 5.38. The Kier molecular flexibility index (Phi) is 7.55. The lowest BCUT2D eigenvalue weighted by molar-refractivity contribution is 0.340. The van der Waals surface area contributed by atoms with Crippen molar-refractivity contribution < 1.29 is 17.9 Å². The van der Waals surface area contributed by atoms with Crippen molar-refractivity contribution in [3.63, 3.8) is 0 Å². The summed E-state index contributed by atoms with van der Waals surface area (Å²) < 4.78 is 39.6. The first-order chi connectivity index (χ1) is 15.3. The van der Waals surface area contributed by atoms with E-state index in [9.17, 15) is 8.42 Å². The van der Waals surface area contributed by atoms with Gasteiger partial charge in [0.1, 0.15) is 16.4 Å². The number of hydrogen-bond donors (Lipinski definition) is 3. The number of anilines is 3. The summed E-state index contributed by atoms with van der Waals surface area (Å²) in [6.07, 6.45) is 0. The Morgan fingerprint density at radius 2 is 1.53 bits per heavy atom. The highest BCUT2D eigenvalue weighted by Gasteiger charge is 2.21. The van der Waals surface area contributed by atoms with Gasteiger partial charge in [0.15, 0.2) is 5.11 Å². The van der Waals surface area contributed by atoms with E-state index in [0.29, 0.717) is 29.5 Å². The van der Waals surface area contributed by atoms with E-state index in [1.165, 1.54) is 13.2 Å². The monoisotopic (exact) mass is 471 g/mol. The highest BCUT2D eigenvalue weighted by Crippen LogP contribution is 2.29. The average Bonchev–Trinajstić information content (AvgIpc) is 2.77. The van der Waals surface area contributed by atoms with Crippen LogP contribution in [0.1, 0.15) is 12.5 Å². The Morgan fingerprint density at radius 3 is 2.16 bits per heavy atom. The third-order valence-electron chi connectivity index (χ3n) is 4.45. The summed E-state index contributed by atoms with van der Waals surface area (Å²) in [5.41, 5.74) is 2.63. The summed E-state index contributed by atoms with van der Waals surface area (Å²) in [5.74, 6) is 1.06. The summed E-state index contributed by atoms with van der Waals surface area (Å²) in [4.78, 5) is -0.00112. The number of sulfonamides is 1. The zero-order chi connectivity index (χ0) is 23.1. The summed E-state index contributed by atoms with van der Waals surface area (Å²) in [7, 11) is -2.47. The van der Waals surface area contributed by atoms with Gasteiger partial charge in [-0.3, -0.25) is 4.72 Å².